The molecule has 0 aromatic heterocycles. The number of hydrogen-bond donors (Lipinski definition) is 0. The molecule has 10 nitrogen and oxygen atoms in total. The van der Waals surface area contributed by atoms with E-state index in [2.05, 4.69) is 347 Å². The first-order valence-electron chi connectivity index (χ1n) is 51.3. The number of benzene rings is 10. The maximum absolute atomic E-state index is 5.51. The van der Waals surface area contributed by atoms with Crippen LogP contribution in [0.25, 0.3) is 59.2 Å². The molecule has 0 spiro atoms. The maximum Gasteiger partial charge on any atom is 2.00 e. The monoisotopic (exact) mass is 2200 g/mol. The van der Waals surface area contributed by atoms with Crippen molar-refractivity contribution in [2.75, 3.05) is 105 Å². The SMILES string of the molecule is C1=Cc2ccccc2C(N=C([N-]C2c3ccccc3C=Cc3ccccc32)c2ccccc2)c2ccccc21.C1=Cc2ccccc2C(N=C([N-]C2c3ccccc3C=Cc3ccccc32)c2ccccc2)c2ccccc21.C1CCOC1.C1CCOC1.C1CCOC1.C1CCOC1.CCCC[N+](CCCC)(CCCC)CCCC.CCCC[N+](CCCC)(CCCC)CCCC.[Br-].[Br-].[Br-].[Br-].[Fe+2].[Fe+2]. The van der Waals surface area contributed by atoms with Gasteiger partial charge in [-0.2, -0.15) is 0 Å². The van der Waals surface area contributed by atoms with Gasteiger partial charge in [-0.1, -0.05) is 422 Å². The average molecular weight is 2200 g/mol. The fourth-order valence-electron chi connectivity index (χ4n) is 18.6. The van der Waals surface area contributed by atoms with E-state index in [0.29, 0.717) is 0 Å². The number of amidine groups is 2. The summed E-state index contributed by atoms with van der Waals surface area (Å²) in [6, 6.07) is 88.5. The minimum absolute atomic E-state index is 0. The molecule has 4 aliphatic heterocycles. The second-order valence-corrected chi connectivity index (χ2v) is 36.4. The minimum Gasteiger partial charge on any atom is -1.00 e. The molecule has 10 aromatic carbocycles. The number of fused-ring (bicyclic) bond motifs is 8. The third-order valence-corrected chi connectivity index (χ3v) is 26.4. The molecule has 4 fully saturated rings. The van der Waals surface area contributed by atoms with Crippen LogP contribution in [0.15, 0.2) is 265 Å². The molecule has 744 valence electrons. The van der Waals surface area contributed by atoms with Crippen molar-refractivity contribution in [1.82, 2.24) is 0 Å². The van der Waals surface area contributed by atoms with Crippen LogP contribution in [-0.2, 0) is 53.1 Å². The number of aliphatic imine (C=N–C) groups is 2. The summed E-state index contributed by atoms with van der Waals surface area (Å²) in [5, 5.41) is 11.0. The molecule has 10 aromatic rings. The molecule has 8 aliphatic rings. The average Bonchev–Trinajstić information content (AvgIpc) is 1.57. The summed E-state index contributed by atoms with van der Waals surface area (Å²) in [4.78, 5) is 11.0. The summed E-state index contributed by atoms with van der Waals surface area (Å²) in [5.74, 6) is 1.51. The summed E-state index contributed by atoms with van der Waals surface area (Å²) in [7, 11) is 0. The van der Waals surface area contributed by atoms with Gasteiger partial charge in [0.25, 0.3) is 0 Å². The van der Waals surface area contributed by atoms with E-state index in [1.807, 2.05) is 12.1 Å². The number of hydrogen-bond acceptors (Lipinski definition) is 6. The van der Waals surface area contributed by atoms with Crippen LogP contribution in [0.4, 0.5) is 0 Å². The zero-order chi connectivity index (χ0) is 92.2. The molecule has 4 aliphatic carbocycles. The van der Waals surface area contributed by atoms with Gasteiger partial charge in [-0.15, -0.1) is 0 Å². The van der Waals surface area contributed by atoms with Crippen LogP contribution < -0.4 is 67.9 Å². The summed E-state index contributed by atoms with van der Waals surface area (Å²) in [6.45, 7) is 38.0. The van der Waals surface area contributed by atoms with Crippen molar-refractivity contribution < 1.29 is 130 Å². The van der Waals surface area contributed by atoms with Gasteiger partial charge in [-0.05, 0) is 203 Å². The van der Waals surface area contributed by atoms with E-state index < -0.39 is 0 Å². The van der Waals surface area contributed by atoms with E-state index >= 15 is 0 Å². The second-order valence-electron chi connectivity index (χ2n) is 36.4. The van der Waals surface area contributed by atoms with Crippen LogP contribution in [0.1, 0.15) is 334 Å². The Bertz CT molecular complexity index is 4500. The third kappa shape index (κ3) is 38.8. The largest absolute Gasteiger partial charge is 2.00 e. The van der Waals surface area contributed by atoms with Gasteiger partial charge in [0, 0.05) is 77.0 Å². The Morgan fingerprint density at radius 2 is 0.391 bits per heavy atom. The predicted octanol–water partition coefficient (Wildman–Crippen LogP) is 19.9. The summed E-state index contributed by atoms with van der Waals surface area (Å²) in [6.07, 6.45) is 50.0. The Morgan fingerprint density at radius 1 is 0.232 bits per heavy atom. The van der Waals surface area contributed by atoms with Gasteiger partial charge in [0.05, 0.1) is 52.4 Å². The number of unbranched alkanes of at least 4 members (excludes halogenated alkanes) is 8. The normalized spacial score (nSPS) is 14.6. The first-order valence-corrected chi connectivity index (χ1v) is 51.3. The molecule has 0 radical (unpaired) electrons. The molecule has 16 heteroatoms. The van der Waals surface area contributed by atoms with Crippen molar-refractivity contribution in [3.05, 3.63) is 366 Å². The number of ether oxygens (including phenoxy) is 4. The van der Waals surface area contributed by atoms with E-state index in [9.17, 15) is 0 Å². The summed E-state index contributed by atoms with van der Waals surface area (Å²) < 4.78 is 22.6. The standard InChI is InChI=1S/2C37H27N2.2C16H36N.4C4H8O.4BrH.2Fe/c2*1-2-16-30(17-3-1)37(38-35-31-18-8-4-12-26(31)22-23-27-13-5-9-19-32(27)35)39-36-33-20-10-6-14-28(33)24-25-29-15-7-11-21-34(29)36;2*1-5-9-13-17(14-10-6-2,15-11-7-3)16-12-8-4;4*1-2-4-5-3-1;;;;;;/h2*1-25,35-36H;2*5-16H2,1-4H3;4*1-4H2;4*1H;;/q2*-1;2*+1;;;;;;;;;2*+2/p-4. The topological polar surface area (TPSA) is 89.8 Å². The van der Waals surface area contributed by atoms with E-state index in [4.69, 9.17) is 39.6 Å². The number of rotatable bonds is 30. The Hall–Kier alpha value is -7.18. The molecule has 0 amide bonds. The molecule has 0 unspecified atom stereocenters. The van der Waals surface area contributed by atoms with Crippen molar-refractivity contribution in [2.24, 2.45) is 9.98 Å². The molecule has 4 heterocycles. The summed E-state index contributed by atoms with van der Waals surface area (Å²) >= 11 is 0. The Kier molecular flexibility index (Phi) is 62.0. The number of quaternary nitrogens is 2. The molecule has 0 saturated carbocycles. The van der Waals surface area contributed by atoms with Crippen molar-refractivity contribution >= 4 is 60.3 Å². The maximum atomic E-state index is 5.51. The minimum atomic E-state index is -0.180. The van der Waals surface area contributed by atoms with Crippen molar-refractivity contribution in [3.8, 4) is 0 Å². The van der Waals surface area contributed by atoms with Crippen LogP contribution in [0.3, 0.4) is 0 Å². The van der Waals surface area contributed by atoms with Crippen LogP contribution >= 0.6 is 0 Å². The fraction of sp³-hybridized carbons (Fsp3) is 0.426. The molecular formula is C122H158Br4Fe2N6O4. The van der Waals surface area contributed by atoms with Crippen molar-refractivity contribution in [3.63, 3.8) is 0 Å². The number of halogens is 4. The van der Waals surface area contributed by atoms with E-state index in [1.54, 1.807) is 0 Å². The van der Waals surface area contributed by atoms with Gasteiger partial charge < -0.3 is 116 Å². The summed E-state index contributed by atoms with van der Waals surface area (Å²) in [5.41, 5.74) is 21.0. The van der Waals surface area contributed by atoms with E-state index in [-0.39, 0.29) is 126 Å². The smallest absolute Gasteiger partial charge is 1.00 e. The van der Waals surface area contributed by atoms with Gasteiger partial charge in [-0.25, -0.2) is 0 Å². The van der Waals surface area contributed by atoms with Crippen molar-refractivity contribution in [2.45, 2.75) is 234 Å². The number of nitrogens with zero attached hydrogens (tertiary/aromatic N) is 6. The third-order valence-electron chi connectivity index (χ3n) is 26.4. The van der Waals surface area contributed by atoms with Gasteiger partial charge >= 0.3 is 34.1 Å². The Morgan fingerprint density at radius 3 is 0.558 bits per heavy atom. The zero-order valence-corrected chi connectivity index (χ0v) is 92.5. The molecule has 0 atom stereocenters. The van der Waals surface area contributed by atoms with Crippen LogP contribution in [0.2, 0.25) is 0 Å². The van der Waals surface area contributed by atoms with Crippen LogP contribution in [-0.4, -0.2) is 126 Å². The van der Waals surface area contributed by atoms with E-state index in [1.165, 1.54) is 304 Å². The quantitative estimate of drug-likeness (QED) is 0.0194. The predicted molar refractivity (Wildman–Crippen MR) is 566 cm³/mol. The second kappa shape index (κ2) is 70.5. The van der Waals surface area contributed by atoms with Gasteiger partial charge in [0.2, 0.25) is 0 Å². The molecule has 18 rings (SSSR count). The fourth-order valence-corrected chi connectivity index (χ4v) is 18.6. The van der Waals surface area contributed by atoms with Crippen LogP contribution in [0.5, 0.6) is 0 Å². The zero-order valence-electron chi connectivity index (χ0n) is 84.0. The molecule has 0 N–H and O–H groups in total. The van der Waals surface area contributed by atoms with Gasteiger partial charge in [0.15, 0.2) is 0 Å². The molecule has 138 heavy (non-hydrogen) atoms. The molecule has 0 bridgehead atoms. The first-order chi connectivity index (χ1) is 65.2. The first kappa shape index (κ1) is 121. The van der Waals surface area contributed by atoms with Crippen molar-refractivity contribution in [1.29, 1.82) is 0 Å². The van der Waals surface area contributed by atoms with Crippen LogP contribution in [0, 0.1) is 0 Å². The Labute approximate surface area is 896 Å². The van der Waals surface area contributed by atoms with Gasteiger partial charge in [-0.3, -0.25) is 0 Å². The molecule has 4 saturated heterocycles. The van der Waals surface area contributed by atoms with Gasteiger partial charge in [0.1, 0.15) is 0 Å². The van der Waals surface area contributed by atoms with E-state index in [0.717, 1.165) is 75.7 Å². The Balaban J connectivity index is 0.000000313. The molecular weight excluding hydrogens is 2040 g/mol.